The van der Waals surface area contributed by atoms with E-state index in [9.17, 15) is 4.79 Å². The lowest BCUT2D eigenvalue weighted by atomic mass is 10.2. The number of nitrogens with one attached hydrogen (secondary N) is 1. The third kappa shape index (κ3) is 3.13. The average molecular weight is 338 g/mol. The summed E-state index contributed by atoms with van der Waals surface area (Å²) in [6.07, 6.45) is 0.114. The number of hydrogen-bond acceptors (Lipinski definition) is 5. The van der Waals surface area contributed by atoms with Crippen LogP contribution in [0.4, 0.5) is 0 Å². The fraction of sp³-hybridized carbons (Fsp3) is 0.500. The molecule has 0 saturated carbocycles. The van der Waals surface area contributed by atoms with Crippen LogP contribution in [0.2, 0.25) is 0 Å². The first-order chi connectivity index (χ1) is 10.5. The van der Waals surface area contributed by atoms with Gasteiger partial charge >= 0.3 is 0 Å². The van der Waals surface area contributed by atoms with Gasteiger partial charge in [0.25, 0.3) is 0 Å². The minimum atomic E-state index is 0.0392. The maximum absolute atomic E-state index is 12.6. The third-order valence-electron chi connectivity index (χ3n) is 3.57. The van der Waals surface area contributed by atoms with Crippen molar-refractivity contribution in [3.63, 3.8) is 0 Å². The Morgan fingerprint density at radius 3 is 2.86 bits per heavy atom. The molecule has 2 aromatic heterocycles. The van der Waals surface area contributed by atoms with E-state index in [2.05, 4.69) is 10.2 Å². The SMILES string of the molecule is C[C@@H]1CN(C(=O)Cn2c(-c3cccs3)n[nH]c2=S)C[C@@H](C)O1. The molecule has 1 N–H and O–H groups in total. The topological polar surface area (TPSA) is 63.2 Å². The number of morpholine rings is 1. The maximum Gasteiger partial charge on any atom is 0.242 e. The van der Waals surface area contributed by atoms with Crippen LogP contribution in [0.1, 0.15) is 13.8 Å². The quantitative estimate of drug-likeness (QED) is 0.872. The zero-order valence-electron chi connectivity index (χ0n) is 12.5. The van der Waals surface area contributed by atoms with E-state index in [1.54, 1.807) is 15.9 Å². The van der Waals surface area contributed by atoms with Crippen molar-refractivity contribution in [2.24, 2.45) is 0 Å². The van der Waals surface area contributed by atoms with Crippen molar-refractivity contribution >= 4 is 29.5 Å². The smallest absolute Gasteiger partial charge is 0.242 e. The predicted molar refractivity (Wildman–Crippen MR) is 87.3 cm³/mol. The Morgan fingerprint density at radius 1 is 1.50 bits per heavy atom. The lowest BCUT2D eigenvalue weighted by Crippen LogP contribution is -2.49. The van der Waals surface area contributed by atoms with Crippen molar-refractivity contribution in [2.75, 3.05) is 13.1 Å². The summed E-state index contributed by atoms with van der Waals surface area (Å²) in [5.74, 6) is 0.750. The zero-order chi connectivity index (χ0) is 15.7. The van der Waals surface area contributed by atoms with Gasteiger partial charge in [0.05, 0.1) is 17.1 Å². The van der Waals surface area contributed by atoms with Gasteiger partial charge in [-0.2, -0.15) is 5.10 Å². The van der Waals surface area contributed by atoms with E-state index < -0.39 is 0 Å². The molecule has 6 nitrogen and oxygen atoms in total. The van der Waals surface area contributed by atoms with Crippen molar-refractivity contribution in [2.45, 2.75) is 32.6 Å². The van der Waals surface area contributed by atoms with Crippen LogP contribution in [-0.2, 0) is 16.1 Å². The Hall–Kier alpha value is -1.51. The monoisotopic (exact) mass is 338 g/mol. The summed E-state index contributed by atoms with van der Waals surface area (Å²) < 4.78 is 7.89. The second kappa shape index (κ2) is 6.31. The van der Waals surface area contributed by atoms with Crippen LogP contribution < -0.4 is 0 Å². The number of nitrogens with zero attached hydrogens (tertiary/aromatic N) is 3. The van der Waals surface area contributed by atoms with Gasteiger partial charge in [0.2, 0.25) is 5.91 Å². The van der Waals surface area contributed by atoms with Gasteiger partial charge in [0, 0.05) is 13.1 Å². The number of aromatic amines is 1. The molecule has 8 heteroatoms. The summed E-state index contributed by atoms with van der Waals surface area (Å²) in [4.78, 5) is 15.4. The first kappa shape index (κ1) is 15.4. The Morgan fingerprint density at radius 2 is 2.23 bits per heavy atom. The molecule has 2 atom stereocenters. The van der Waals surface area contributed by atoms with E-state index in [1.165, 1.54) is 0 Å². The molecule has 118 valence electrons. The van der Waals surface area contributed by atoms with Crippen LogP contribution >= 0.6 is 23.6 Å². The Bertz CT molecular complexity index is 697. The highest BCUT2D eigenvalue weighted by molar-refractivity contribution is 7.71. The van der Waals surface area contributed by atoms with Crippen LogP contribution in [0, 0.1) is 4.77 Å². The highest BCUT2D eigenvalue weighted by atomic mass is 32.1. The summed E-state index contributed by atoms with van der Waals surface area (Å²) in [5.41, 5.74) is 0. The third-order valence-corrected chi connectivity index (χ3v) is 4.74. The van der Waals surface area contributed by atoms with Crippen LogP contribution in [0.5, 0.6) is 0 Å². The normalized spacial score (nSPS) is 22.0. The summed E-state index contributed by atoms with van der Waals surface area (Å²) in [6, 6.07) is 3.92. The van der Waals surface area contributed by atoms with Crippen LogP contribution in [0.15, 0.2) is 17.5 Å². The average Bonchev–Trinajstić information content (AvgIpc) is 3.08. The molecule has 1 saturated heterocycles. The minimum absolute atomic E-state index is 0.0392. The highest BCUT2D eigenvalue weighted by Gasteiger charge is 2.26. The molecule has 1 fully saturated rings. The molecule has 22 heavy (non-hydrogen) atoms. The number of hydrogen-bond donors (Lipinski definition) is 1. The lowest BCUT2D eigenvalue weighted by Gasteiger charge is -2.35. The lowest BCUT2D eigenvalue weighted by molar-refractivity contribution is -0.143. The van der Waals surface area contributed by atoms with Gasteiger partial charge < -0.3 is 9.64 Å². The number of aromatic nitrogens is 3. The second-order valence-corrected chi connectivity index (χ2v) is 6.81. The number of ether oxygens (including phenoxy) is 1. The van der Waals surface area contributed by atoms with E-state index in [-0.39, 0.29) is 24.7 Å². The van der Waals surface area contributed by atoms with Gasteiger partial charge in [-0.1, -0.05) is 6.07 Å². The van der Waals surface area contributed by atoms with E-state index in [0.29, 0.717) is 23.7 Å². The van der Waals surface area contributed by atoms with Crippen molar-refractivity contribution in [3.05, 3.63) is 22.3 Å². The molecule has 0 aromatic carbocycles. The molecule has 1 aliphatic heterocycles. The van der Waals surface area contributed by atoms with Gasteiger partial charge in [-0.25, -0.2) is 0 Å². The Balaban J connectivity index is 1.80. The number of thiophene rings is 1. The number of carbonyl (C=O) groups excluding carboxylic acids is 1. The van der Waals surface area contributed by atoms with E-state index in [4.69, 9.17) is 17.0 Å². The van der Waals surface area contributed by atoms with Gasteiger partial charge in [-0.05, 0) is 37.5 Å². The van der Waals surface area contributed by atoms with Crippen LogP contribution in [-0.4, -0.2) is 50.9 Å². The zero-order valence-corrected chi connectivity index (χ0v) is 14.1. The summed E-state index contributed by atoms with van der Waals surface area (Å²) in [7, 11) is 0. The van der Waals surface area contributed by atoms with E-state index in [0.717, 1.165) is 4.88 Å². The fourth-order valence-electron chi connectivity index (χ4n) is 2.68. The molecule has 3 rings (SSSR count). The molecular formula is C14H18N4O2S2. The predicted octanol–water partition coefficient (Wildman–Crippen LogP) is 2.30. The molecule has 0 aliphatic carbocycles. The van der Waals surface area contributed by atoms with Gasteiger partial charge in [0.1, 0.15) is 6.54 Å². The molecule has 2 aromatic rings. The number of carbonyl (C=O) groups is 1. The molecular weight excluding hydrogens is 320 g/mol. The standard InChI is InChI=1S/C14H18N4O2S2/c1-9-6-17(7-10(2)20-9)12(19)8-18-13(15-16-14(18)21)11-4-3-5-22-11/h3-5,9-10H,6-8H2,1-2H3,(H,16,21)/t9-,10-/m1/s1. The van der Waals surface area contributed by atoms with E-state index in [1.807, 2.05) is 36.3 Å². The first-order valence-corrected chi connectivity index (χ1v) is 8.45. The molecule has 1 aliphatic rings. The van der Waals surface area contributed by atoms with Gasteiger partial charge in [0.15, 0.2) is 10.6 Å². The maximum atomic E-state index is 12.6. The van der Waals surface area contributed by atoms with Crippen molar-refractivity contribution < 1.29 is 9.53 Å². The van der Waals surface area contributed by atoms with Crippen molar-refractivity contribution in [1.82, 2.24) is 19.7 Å². The van der Waals surface area contributed by atoms with E-state index >= 15 is 0 Å². The van der Waals surface area contributed by atoms with Crippen molar-refractivity contribution in [3.8, 4) is 10.7 Å². The molecule has 0 bridgehead atoms. The first-order valence-electron chi connectivity index (χ1n) is 7.17. The van der Waals surface area contributed by atoms with Crippen LogP contribution in [0.25, 0.3) is 10.7 Å². The minimum Gasteiger partial charge on any atom is -0.372 e. The summed E-state index contributed by atoms with van der Waals surface area (Å²) in [5, 5.41) is 9.00. The number of amides is 1. The van der Waals surface area contributed by atoms with Gasteiger partial charge in [-0.3, -0.25) is 14.5 Å². The highest BCUT2D eigenvalue weighted by Crippen LogP contribution is 2.23. The second-order valence-electron chi connectivity index (χ2n) is 5.47. The van der Waals surface area contributed by atoms with Crippen LogP contribution in [0.3, 0.4) is 0 Å². The molecule has 3 heterocycles. The Labute approximate surface area is 137 Å². The van der Waals surface area contributed by atoms with Crippen molar-refractivity contribution in [1.29, 1.82) is 0 Å². The summed E-state index contributed by atoms with van der Waals surface area (Å²) >= 11 is 6.84. The number of H-pyrrole nitrogens is 1. The molecule has 0 spiro atoms. The molecule has 1 amide bonds. The molecule has 0 unspecified atom stereocenters. The largest absolute Gasteiger partial charge is 0.372 e. The number of rotatable bonds is 3. The Kier molecular flexibility index (Phi) is 4.42. The summed E-state index contributed by atoms with van der Waals surface area (Å²) in [6.45, 7) is 5.39. The molecule has 0 radical (unpaired) electrons. The van der Waals surface area contributed by atoms with Gasteiger partial charge in [-0.15, -0.1) is 11.3 Å². The fourth-order valence-corrected chi connectivity index (χ4v) is 3.59.